The second-order valence-corrected chi connectivity index (χ2v) is 4.06. The molecule has 0 bridgehead atoms. The molecule has 1 unspecified atom stereocenters. The highest BCUT2D eigenvalue weighted by Crippen LogP contribution is 2.29. The molecule has 1 aromatic heterocycles. The quantitative estimate of drug-likeness (QED) is 0.892. The Morgan fingerprint density at radius 1 is 1.06 bits per heavy atom. The molecular formula is C13H10F3NO. The summed E-state index contributed by atoms with van der Waals surface area (Å²) in [7, 11) is 0. The molecule has 0 aliphatic heterocycles. The highest BCUT2D eigenvalue weighted by molar-refractivity contribution is 5.32. The molecule has 2 rings (SSSR count). The van der Waals surface area contributed by atoms with Gasteiger partial charge in [-0.2, -0.15) is 0 Å². The maximum absolute atomic E-state index is 13.6. The van der Waals surface area contributed by atoms with Crippen LogP contribution in [-0.4, -0.2) is 10.1 Å². The minimum absolute atomic E-state index is 0.0782. The van der Waals surface area contributed by atoms with Crippen molar-refractivity contribution >= 4 is 0 Å². The van der Waals surface area contributed by atoms with Gasteiger partial charge in [-0.1, -0.05) is 0 Å². The molecule has 0 aliphatic rings. The molecule has 0 spiro atoms. The van der Waals surface area contributed by atoms with Gasteiger partial charge < -0.3 is 5.11 Å². The Bertz CT molecular complexity index is 567. The molecule has 18 heavy (non-hydrogen) atoms. The summed E-state index contributed by atoms with van der Waals surface area (Å²) in [6.45, 7) is 1.31. The fraction of sp³-hybridized carbons (Fsp3) is 0.154. The number of nitrogens with zero attached hydrogens (tertiary/aromatic N) is 1. The van der Waals surface area contributed by atoms with Crippen LogP contribution in [0.15, 0.2) is 36.5 Å². The number of benzene rings is 1. The van der Waals surface area contributed by atoms with Crippen LogP contribution < -0.4 is 0 Å². The van der Waals surface area contributed by atoms with E-state index in [1.165, 1.54) is 13.0 Å². The standard InChI is InChI=1S/C13H10F3NO/c1-13(18,12-5-3-9(15)7-17-12)10-4-2-8(14)6-11(10)16/h2-7,18H,1H3. The van der Waals surface area contributed by atoms with Crippen molar-refractivity contribution in [2.24, 2.45) is 0 Å². The summed E-state index contributed by atoms with van der Waals surface area (Å²) in [6, 6.07) is 5.20. The van der Waals surface area contributed by atoms with Crippen molar-refractivity contribution < 1.29 is 18.3 Å². The van der Waals surface area contributed by atoms with Gasteiger partial charge in [0, 0.05) is 11.6 Å². The minimum Gasteiger partial charge on any atom is -0.379 e. The molecule has 0 fully saturated rings. The van der Waals surface area contributed by atoms with Crippen LogP contribution in [0.2, 0.25) is 0 Å². The number of hydrogen-bond donors (Lipinski definition) is 1. The van der Waals surface area contributed by atoms with Crippen molar-refractivity contribution in [3.63, 3.8) is 0 Å². The first-order chi connectivity index (χ1) is 8.41. The van der Waals surface area contributed by atoms with E-state index in [0.717, 1.165) is 24.4 Å². The summed E-state index contributed by atoms with van der Waals surface area (Å²) in [5.41, 5.74) is -1.80. The molecule has 1 heterocycles. The first-order valence-corrected chi connectivity index (χ1v) is 5.21. The molecule has 2 aromatic rings. The van der Waals surface area contributed by atoms with E-state index in [9.17, 15) is 18.3 Å². The zero-order valence-corrected chi connectivity index (χ0v) is 9.49. The molecule has 1 N–H and O–H groups in total. The molecular weight excluding hydrogens is 243 g/mol. The lowest BCUT2D eigenvalue weighted by Gasteiger charge is -2.23. The number of rotatable bonds is 2. The Labute approximate surface area is 102 Å². The van der Waals surface area contributed by atoms with Crippen LogP contribution >= 0.6 is 0 Å². The van der Waals surface area contributed by atoms with Gasteiger partial charge in [-0.15, -0.1) is 0 Å². The molecule has 0 aliphatic carbocycles. The molecule has 0 saturated carbocycles. The van der Waals surface area contributed by atoms with E-state index >= 15 is 0 Å². The highest BCUT2D eigenvalue weighted by atomic mass is 19.1. The summed E-state index contributed by atoms with van der Waals surface area (Å²) >= 11 is 0. The molecule has 1 atom stereocenters. The Hall–Kier alpha value is -1.88. The van der Waals surface area contributed by atoms with Crippen LogP contribution in [0.1, 0.15) is 18.2 Å². The van der Waals surface area contributed by atoms with Crippen LogP contribution in [0.25, 0.3) is 0 Å². The lowest BCUT2D eigenvalue weighted by atomic mass is 9.91. The summed E-state index contributed by atoms with van der Waals surface area (Å²) in [5.74, 6) is -2.18. The fourth-order valence-corrected chi connectivity index (χ4v) is 1.69. The maximum Gasteiger partial charge on any atom is 0.141 e. The maximum atomic E-state index is 13.6. The molecule has 0 radical (unpaired) electrons. The normalized spacial score (nSPS) is 14.3. The largest absolute Gasteiger partial charge is 0.379 e. The Morgan fingerprint density at radius 2 is 1.72 bits per heavy atom. The Balaban J connectivity index is 2.50. The van der Waals surface area contributed by atoms with Gasteiger partial charge in [0.1, 0.15) is 23.1 Å². The van der Waals surface area contributed by atoms with Crippen LogP contribution in [-0.2, 0) is 5.60 Å². The Kier molecular flexibility index (Phi) is 3.09. The van der Waals surface area contributed by atoms with Crippen molar-refractivity contribution in [1.82, 2.24) is 4.98 Å². The van der Waals surface area contributed by atoms with E-state index in [2.05, 4.69) is 4.98 Å². The van der Waals surface area contributed by atoms with Crippen molar-refractivity contribution in [3.05, 3.63) is 65.2 Å². The first-order valence-electron chi connectivity index (χ1n) is 5.21. The monoisotopic (exact) mass is 253 g/mol. The summed E-state index contributed by atoms with van der Waals surface area (Å²) in [6.07, 6.45) is 0.922. The third-order valence-corrected chi connectivity index (χ3v) is 2.68. The number of hydrogen-bond acceptors (Lipinski definition) is 2. The van der Waals surface area contributed by atoms with Crippen LogP contribution in [0.4, 0.5) is 13.2 Å². The highest BCUT2D eigenvalue weighted by Gasteiger charge is 2.30. The van der Waals surface area contributed by atoms with Crippen molar-refractivity contribution in [2.45, 2.75) is 12.5 Å². The number of aliphatic hydroxyl groups is 1. The lowest BCUT2D eigenvalue weighted by molar-refractivity contribution is 0.0929. The van der Waals surface area contributed by atoms with Gasteiger partial charge in [-0.25, -0.2) is 13.2 Å². The van der Waals surface area contributed by atoms with Crippen LogP contribution in [0.3, 0.4) is 0 Å². The van der Waals surface area contributed by atoms with Gasteiger partial charge in [-0.05, 0) is 31.2 Å². The van der Waals surface area contributed by atoms with E-state index in [0.29, 0.717) is 6.07 Å². The van der Waals surface area contributed by atoms with E-state index in [1.54, 1.807) is 0 Å². The van der Waals surface area contributed by atoms with E-state index in [4.69, 9.17) is 0 Å². The third-order valence-electron chi connectivity index (χ3n) is 2.68. The van der Waals surface area contributed by atoms with Gasteiger partial charge in [0.05, 0.1) is 11.9 Å². The second kappa shape index (κ2) is 4.42. The first kappa shape index (κ1) is 12.6. The average molecular weight is 253 g/mol. The molecule has 1 aromatic carbocycles. The van der Waals surface area contributed by atoms with Crippen LogP contribution in [0, 0.1) is 17.5 Å². The zero-order chi connectivity index (χ0) is 13.3. The topological polar surface area (TPSA) is 33.1 Å². The fourth-order valence-electron chi connectivity index (χ4n) is 1.69. The molecule has 0 saturated heterocycles. The average Bonchev–Trinajstić information content (AvgIpc) is 2.29. The predicted molar refractivity (Wildman–Crippen MR) is 59.2 cm³/mol. The van der Waals surface area contributed by atoms with Crippen molar-refractivity contribution in [2.75, 3.05) is 0 Å². The summed E-state index contributed by atoms with van der Waals surface area (Å²) in [5, 5.41) is 10.3. The zero-order valence-electron chi connectivity index (χ0n) is 9.49. The minimum atomic E-state index is -1.76. The number of pyridine rings is 1. The van der Waals surface area contributed by atoms with Gasteiger partial charge in [0.25, 0.3) is 0 Å². The van der Waals surface area contributed by atoms with Crippen molar-refractivity contribution in [1.29, 1.82) is 0 Å². The smallest absolute Gasteiger partial charge is 0.141 e. The molecule has 94 valence electrons. The third kappa shape index (κ3) is 2.22. The molecule has 5 heteroatoms. The van der Waals surface area contributed by atoms with E-state index < -0.39 is 23.1 Å². The summed E-state index contributed by atoms with van der Waals surface area (Å²) in [4.78, 5) is 3.70. The van der Waals surface area contributed by atoms with Crippen LogP contribution in [0.5, 0.6) is 0 Å². The number of halogens is 3. The van der Waals surface area contributed by atoms with E-state index in [-0.39, 0.29) is 11.3 Å². The van der Waals surface area contributed by atoms with Gasteiger partial charge in [0.15, 0.2) is 0 Å². The van der Waals surface area contributed by atoms with Gasteiger partial charge in [-0.3, -0.25) is 4.98 Å². The SMILES string of the molecule is CC(O)(c1ccc(F)cn1)c1ccc(F)cc1F. The second-order valence-electron chi connectivity index (χ2n) is 4.06. The van der Waals surface area contributed by atoms with Gasteiger partial charge >= 0.3 is 0 Å². The van der Waals surface area contributed by atoms with Gasteiger partial charge in [0.2, 0.25) is 0 Å². The molecule has 2 nitrogen and oxygen atoms in total. The lowest BCUT2D eigenvalue weighted by Crippen LogP contribution is -2.25. The predicted octanol–water partition coefficient (Wildman–Crippen LogP) is 2.75. The van der Waals surface area contributed by atoms with Crippen molar-refractivity contribution in [3.8, 4) is 0 Å². The van der Waals surface area contributed by atoms with E-state index in [1.807, 2.05) is 0 Å². The number of aromatic nitrogens is 1. The Morgan fingerprint density at radius 3 is 2.28 bits per heavy atom. The molecule has 0 amide bonds. The summed E-state index contributed by atoms with van der Waals surface area (Å²) < 4.78 is 39.2.